The summed E-state index contributed by atoms with van der Waals surface area (Å²) in [7, 11) is 0. The average molecular weight is 536 g/mol. The van der Waals surface area contributed by atoms with Crippen molar-refractivity contribution in [3.8, 4) is 11.1 Å². The molecule has 2 aliphatic carbocycles. The third-order valence-corrected chi connectivity index (χ3v) is 7.38. The predicted octanol–water partition coefficient (Wildman–Crippen LogP) is 8.88. The van der Waals surface area contributed by atoms with Gasteiger partial charge in [-0.15, -0.1) is 0 Å². The molecule has 5 heteroatoms. The van der Waals surface area contributed by atoms with Crippen LogP contribution >= 0.6 is 11.6 Å². The van der Waals surface area contributed by atoms with Gasteiger partial charge in [0.05, 0.1) is 5.56 Å². The maximum Gasteiger partial charge on any atom is 0.339 e. The molecule has 3 aromatic carbocycles. The van der Waals surface area contributed by atoms with Crippen LogP contribution in [-0.2, 0) is 9.53 Å². The number of hydrogen-bond acceptors (Lipinski definition) is 3. The van der Waals surface area contributed by atoms with Gasteiger partial charge < -0.3 is 10.1 Å². The number of nitrogens with one attached hydrogen (secondary N) is 1. The zero-order valence-corrected chi connectivity index (χ0v) is 23.2. The third-order valence-electron chi connectivity index (χ3n) is 7.13. The van der Waals surface area contributed by atoms with Crippen molar-refractivity contribution in [2.24, 2.45) is 0 Å². The molecule has 39 heavy (non-hydrogen) atoms. The second-order valence-electron chi connectivity index (χ2n) is 10.2. The van der Waals surface area contributed by atoms with Gasteiger partial charge in [0.1, 0.15) is 0 Å². The van der Waals surface area contributed by atoms with Gasteiger partial charge in [-0.25, -0.2) is 4.79 Å². The molecule has 3 aromatic rings. The fourth-order valence-corrected chi connectivity index (χ4v) is 5.11. The number of halogens is 1. The van der Waals surface area contributed by atoms with Gasteiger partial charge in [-0.3, -0.25) is 4.79 Å². The van der Waals surface area contributed by atoms with Crippen LogP contribution in [0, 0.1) is 13.8 Å². The molecule has 1 N–H and O–H groups in total. The first-order valence-corrected chi connectivity index (χ1v) is 13.4. The number of anilines is 1. The quantitative estimate of drug-likeness (QED) is 0.221. The van der Waals surface area contributed by atoms with Gasteiger partial charge in [0.25, 0.3) is 5.91 Å². The average Bonchev–Trinajstić information content (AvgIpc) is 3.10. The second kappa shape index (κ2) is 10.9. The van der Waals surface area contributed by atoms with Crippen molar-refractivity contribution in [1.82, 2.24) is 0 Å². The number of hydrogen-bond donors (Lipinski definition) is 1. The number of fused-ring (bicyclic) bond motifs is 2. The summed E-state index contributed by atoms with van der Waals surface area (Å²) in [4.78, 5) is 27.3. The molecule has 1 atom stereocenters. The van der Waals surface area contributed by atoms with E-state index in [1.807, 2.05) is 56.3 Å². The molecule has 0 aromatic heterocycles. The van der Waals surface area contributed by atoms with E-state index >= 15 is 0 Å². The Bertz CT molecular complexity index is 1650. The first kappa shape index (κ1) is 26.5. The van der Waals surface area contributed by atoms with Crippen LogP contribution in [0.3, 0.4) is 0 Å². The van der Waals surface area contributed by atoms with Gasteiger partial charge in [0.2, 0.25) is 6.10 Å². The number of amides is 1. The minimum atomic E-state index is -1.18. The smallest absolute Gasteiger partial charge is 0.339 e. The van der Waals surface area contributed by atoms with Gasteiger partial charge in [-0.2, -0.15) is 0 Å². The Morgan fingerprint density at radius 1 is 0.795 bits per heavy atom. The summed E-state index contributed by atoms with van der Waals surface area (Å²) in [6, 6.07) is 28.2. The van der Waals surface area contributed by atoms with Crippen molar-refractivity contribution >= 4 is 39.9 Å². The highest BCUT2D eigenvalue weighted by molar-refractivity contribution is 6.30. The van der Waals surface area contributed by atoms with Crippen LogP contribution in [0.1, 0.15) is 58.5 Å². The largest absolute Gasteiger partial charge is 0.444 e. The molecule has 0 spiro atoms. The van der Waals surface area contributed by atoms with E-state index in [9.17, 15) is 9.59 Å². The first-order valence-electron chi connectivity index (χ1n) is 13.0. The summed E-state index contributed by atoms with van der Waals surface area (Å²) < 4.78 is 5.93. The summed E-state index contributed by atoms with van der Waals surface area (Å²) in [5, 5.41) is 5.28. The number of esters is 1. The van der Waals surface area contributed by atoms with E-state index in [1.54, 1.807) is 30.3 Å². The van der Waals surface area contributed by atoms with Crippen LogP contribution in [0.25, 0.3) is 21.9 Å². The minimum Gasteiger partial charge on any atom is -0.444 e. The standard InChI is InChI=1S/C34H30ClNO3/c1-20(2)25-13-12-21(3)31-29(19-25)22(4)18-30(31)36-33(37)32(24-14-16-26(35)17-15-24)39-34(38)28-11-7-9-23-8-5-6-10-27(23)28/h5-20,32H,1-4H3,(H,36,37). The highest BCUT2D eigenvalue weighted by atomic mass is 35.5. The summed E-state index contributed by atoms with van der Waals surface area (Å²) in [5.41, 5.74) is 7.03. The van der Waals surface area contributed by atoms with E-state index in [0.29, 0.717) is 27.8 Å². The summed E-state index contributed by atoms with van der Waals surface area (Å²) >= 11 is 6.12. The van der Waals surface area contributed by atoms with E-state index < -0.39 is 18.0 Å². The zero-order chi connectivity index (χ0) is 27.7. The maximum absolute atomic E-state index is 13.8. The van der Waals surface area contributed by atoms with E-state index in [4.69, 9.17) is 16.3 Å². The molecule has 0 saturated carbocycles. The van der Waals surface area contributed by atoms with Crippen molar-refractivity contribution < 1.29 is 14.3 Å². The number of carbonyl (C=O) groups excluding carboxylic acids is 2. The lowest BCUT2D eigenvalue weighted by molar-refractivity contribution is -0.125. The fourth-order valence-electron chi connectivity index (χ4n) is 4.98. The lowest BCUT2D eigenvalue weighted by Gasteiger charge is -2.19. The Kier molecular flexibility index (Phi) is 7.40. The lowest BCUT2D eigenvalue weighted by atomic mass is 10.0. The Balaban J connectivity index is 1.51. The van der Waals surface area contributed by atoms with E-state index in [-0.39, 0.29) is 0 Å². The van der Waals surface area contributed by atoms with Crippen LogP contribution in [0.15, 0.2) is 91.0 Å². The molecule has 0 saturated heterocycles. The molecule has 0 fully saturated rings. The molecule has 196 valence electrons. The highest BCUT2D eigenvalue weighted by Crippen LogP contribution is 2.40. The first-order chi connectivity index (χ1) is 18.7. The van der Waals surface area contributed by atoms with Crippen molar-refractivity contribution in [1.29, 1.82) is 0 Å². The monoisotopic (exact) mass is 535 g/mol. The van der Waals surface area contributed by atoms with E-state index in [2.05, 4.69) is 37.4 Å². The summed E-state index contributed by atoms with van der Waals surface area (Å²) in [6.45, 7) is 8.41. The Morgan fingerprint density at radius 3 is 2.23 bits per heavy atom. The summed E-state index contributed by atoms with van der Waals surface area (Å²) in [5.74, 6) is -0.641. The van der Waals surface area contributed by atoms with Crippen molar-refractivity contribution in [2.75, 3.05) is 5.32 Å². The van der Waals surface area contributed by atoms with Crippen molar-refractivity contribution in [3.05, 3.63) is 124 Å². The van der Waals surface area contributed by atoms with Gasteiger partial charge in [0, 0.05) is 21.8 Å². The Labute approximate surface area is 233 Å². The van der Waals surface area contributed by atoms with Gasteiger partial charge in [0.15, 0.2) is 0 Å². The van der Waals surface area contributed by atoms with Crippen LogP contribution in [0.5, 0.6) is 0 Å². The molecule has 0 radical (unpaired) electrons. The topological polar surface area (TPSA) is 55.4 Å². The van der Waals surface area contributed by atoms with Gasteiger partial charge in [-0.05, 0) is 77.1 Å². The molecule has 4 nitrogen and oxygen atoms in total. The number of benzene rings is 3. The SMILES string of the molecule is Cc1cc(NC(=O)C(OC(=O)c2cccc3ccccc23)c2ccc(Cl)cc2)c2c(C)ccc(C(C)C)cc1-2. The predicted molar refractivity (Wildman–Crippen MR) is 159 cm³/mol. The normalized spacial score (nSPS) is 12.1. The summed E-state index contributed by atoms with van der Waals surface area (Å²) in [6.07, 6.45) is -1.18. The molecule has 1 amide bonds. The molecule has 0 aliphatic heterocycles. The highest BCUT2D eigenvalue weighted by Gasteiger charge is 2.28. The molecular formula is C34H30ClNO3. The van der Waals surface area contributed by atoms with Crippen LogP contribution in [0.2, 0.25) is 5.02 Å². The third kappa shape index (κ3) is 5.39. The van der Waals surface area contributed by atoms with E-state index in [1.165, 1.54) is 5.56 Å². The second-order valence-corrected chi connectivity index (χ2v) is 10.6. The van der Waals surface area contributed by atoms with Crippen LogP contribution in [-0.4, -0.2) is 11.9 Å². The van der Waals surface area contributed by atoms with Crippen molar-refractivity contribution in [2.45, 2.75) is 39.7 Å². The van der Waals surface area contributed by atoms with Crippen LogP contribution in [0.4, 0.5) is 5.69 Å². The zero-order valence-electron chi connectivity index (χ0n) is 22.4. The number of aryl methyl sites for hydroxylation is 2. The minimum absolute atomic E-state index is 0.370. The molecule has 2 aliphatic rings. The van der Waals surface area contributed by atoms with Crippen molar-refractivity contribution in [3.63, 3.8) is 0 Å². The lowest BCUT2D eigenvalue weighted by Crippen LogP contribution is -2.26. The molecule has 0 heterocycles. The van der Waals surface area contributed by atoms with Gasteiger partial charge in [-0.1, -0.05) is 92.2 Å². The molecule has 5 rings (SSSR count). The Hall–Kier alpha value is -4.15. The molecule has 1 unspecified atom stereocenters. The molecular weight excluding hydrogens is 506 g/mol. The molecule has 0 bridgehead atoms. The number of ether oxygens (including phenoxy) is 1. The number of carbonyl (C=O) groups is 2. The number of rotatable bonds is 6. The maximum atomic E-state index is 13.8. The van der Waals surface area contributed by atoms with Crippen LogP contribution < -0.4 is 5.32 Å². The van der Waals surface area contributed by atoms with E-state index in [0.717, 1.165) is 33.0 Å². The van der Waals surface area contributed by atoms with Gasteiger partial charge >= 0.3 is 5.97 Å². The fraction of sp³-hybridized carbons (Fsp3) is 0.176. The Morgan fingerprint density at radius 2 is 1.49 bits per heavy atom.